The third-order valence-electron chi connectivity index (χ3n) is 2.56. The Labute approximate surface area is 85.7 Å². The van der Waals surface area contributed by atoms with Crippen LogP contribution in [0.25, 0.3) is 0 Å². The van der Waals surface area contributed by atoms with E-state index in [4.69, 9.17) is 0 Å². The lowest BCUT2D eigenvalue weighted by Crippen LogP contribution is -2.41. The van der Waals surface area contributed by atoms with Crippen LogP contribution in [-0.2, 0) is 0 Å². The van der Waals surface area contributed by atoms with Crippen molar-refractivity contribution in [1.29, 1.82) is 0 Å². The third-order valence-corrected chi connectivity index (χ3v) is 2.56. The fourth-order valence-electron chi connectivity index (χ4n) is 1.67. The van der Waals surface area contributed by atoms with Crippen LogP contribution in [0.1, 0.15) is 20.3 Å². The Morgan fingerprint density at radius 2 is 2.00 bits per heavy atom. The van der Waals surface area contributed by atoms with E-state index in [2.05, 4.69) is 19.2 Å². The fraction of sp³-hybridized carbons (Fsp3) is 1.00. The molecule has 0 spiro atoms. The van der Waals surface area contributed by atoms with Crippen LogP contribution in [0.4, 0.5) is 8.78 Å². The summed E-state index contributed by atoms with van der Waals surface area (Å²) in [7, 11) is 3.64. The minimum atomic E-state index is -2.24. The molecule has 4 heteroatoms. The molecule has 0 radical (unpaired) electrons. The molecule has 0 aromatic rings. The Morgan fingerprint density at radius 1 is 1.43 bits per heavy atom. The van der Waals surface area contributed by atoms with Crippen molar-refractivity contribution in [2.24, 2.45) is 5.41 Å². The molecule has 0 rings (SSSR count). The van der Waals surface area contributed by atoms with Gasteiger partial charge in [-0.3, -0.25) is 0 Å². The molecule has 1 unspecified atom stereocenters. The Morgan fingerprint density at radius 3 is 2.36 bits per heavy atom. The minimum Gasteiger partial charge on any atom is -0.319 e. The predicted molar refractivity (Wildman–Crippen MR) is 55.8 cm³/mol. The normalized spacial score (nSPS) is 16.3. The third kappa shape index (κ3) is 5.50. The van der Waals surface area contributed by atoms with Gasteiger partial charge in [-0.05, 0) is 25.9 Å². The van der Waals surface area contributed by atoms with Crippen LogP contribution >= 0.6 is 0 Å². The predicted octanol–water partition coefficient (Wildman–Crippen LogP) is 1.82. The van der Waals surface area contributed by atoms with E-state index in [0.717, 1.165) is 13.0 Å². The number of rotatable bonds is 7. The number of alkyl halides is 2. The van der Waals surface area contributed by atoms with Gasteiger partial charge in [0.2, 0.25) is 0 Å². The molecule has 0 aliphatic carbocycles. The first kappa shape index (κ1) is 13.8. The lowest BCUT2D eigenvalue weighted by atomic mass is 9.87. The SMILES string of the molecule is CCC(C)(CNC)CN(C)CC(F)F. The molecule has 0 bridgehead atoms. The van der Waals surface area contributed by atoms with Crippen molar-refractivity contribution < 1.29 is 8.78 Å². The summed E-state index contributed by atoms with van der Waals surface area (Å²) in [6, 6.07) is 0. The lowest BCUT2D eigenvalue weighted by molar-refractivity contribution is 0.0779. The summed E-state index contributed by atoms with van der Waals surface area (Å²) < 4.78 is 24.2. The molecular weight excluding hydrogens is 186 g/mol. The first-order valence-corrected chi connectivity index (χ1v) is 5.05. The largest absolute Gasteiger partial charge is 0.319 e. The van der Waals surface area contributed by atoms with Gasteiger partial charge in [-0.2, -0.15) is 0 Å². The van der Waals surface area contributed by atoms with Gasteiger partial charge in [-0.25, -0.2) is 8.78 Å². The highest BCUT2D eigenvalue weighted by Gasteiger charge is 2.24. The minimum absolute atomic E-state index is 0.0817. The van der Waals surface area contributed by atoms with E-state index < -0.39 is 6.43 Å². The summed E-state index contributed by atoms with van der Waals surface area (Å²) in [5, 5.41) is 3.10. The van der Waals surface area contributed by atoms with E-state index in [9.17, 15) is 8.78 Å². The van der Waals surface area contributed by atoms with Gasteiger partial charge in [0.15, 0.2) is 0 Å². The van der Waals surface area contributed by atoms with E-state index >= 15 is 0 Å². The Balaban J connectivity index is 4.02. The van der Waals surface area contributed by atoms with E-state index in [1.807, 2.05) is 7.05 Å². The van der Waals surface area contributed by atoms with Gasteiger partial charge in [-0.1, -0.05) is 13.8 Å². The number of nitrogens with one attached hydrogen (secondary N) is 1. The number of hydrogen-bond acceptors (Lipinski definition) is 2. The zero-order valence-corrected chi connectivity index (χ0v) is 9.61. The molecule has 0 saturated heterocycles. The van der Waals surface area contributed by atoms with Gasteiger partial charge in [0.1, 0.15) is 0 Å². The maximum Gasteiger partial charge on any atom is 0.251 e. The van der Waals surface area contributed by atoms with Crippen molar-refractivity contribution in [3.8, 4) is 0 Å². The average molecular weight is 208 g/mol. The molecule has 0 amide bonds. The molecule has 0 fully saturated rings. The second-order valence-electron chi connectivity index (χ2n) is 4.28. The molecule has 0 aromatic heterocycles. The number of halogens is 2. The van der Waals surface area contributed by atoms with Crippen LogP contribution in [0.2, 0.25) is 0 Å². The summed E-state index contributed by atoms with van der Waals surface area (Å²) in [5.41, 5.74) is 0.0817. The van der Waals surface area contributed by atoms with Gasteiger partial charge < -0.3 is 10.2 Å². The highest BCUT2D eigenvalue weighted by molar-refractivity contribution is 4.78. The van der Waals surface area contributed by atoms with Gasteiger partial charge in [-0.15, -0.1) is 0 Å². The summed E-state index contributed by atoms with van der Waals surface area (Å²) in [6.07, 6.45) is -1.25. The standard InChI is InChI=1S/C10H22F2N2/c1-5-10(2,7-13-3)8-14(4)6-9(11)12/h9,13H,5-8H2,1-4H3. The summed E-state index contributed by atoms with van der Waals surface area (Å²) in [4.78, 5) is 1.70. The van der Waals surface area contributed by atoms with Crippen LogP contribution < -0.4 is 5.32 Å². The van der Waals surface area contributed by atoms with Crippen molar-refractivity contribution in [1.82, 2.24) is 10.2 Å². The zero-order valence-electron chi connectivity index (χ0n) is 9.61. The molecule has 0 aromatic carbocycles. The van der Waals surface area contributed by atoms with Crippen LogP contribution in [0.5, 0.6) is 0 Å². The summed E-state index contributed by atoms with van der Waals surface area (Å²) in [5.74, 6) is 0. The van der Waals surface area contributed by atoms with Gasteiger partial charge in [0.05, 0.1) is 6.54 Å². The van der Waals surface area contributed by atoms with Crippen LogP contribution in [-0.4, -0.2) is 45.1 Å². The molecule has 0 saturated carbocycles. The summed E-state index contributed by atoms with van der Waals surface area (Å²) >= 11 is 0. The van der Waals surface area contributed by atoms with Crippen molar-refractivity contribution in [2.75, 3.05) is 33.7 Å². The molecular formula is C10H22F2N2. The maximum absolute atomic E-state index is 12.1. The highest BCUT2D eigenvalue weighted by Crippen LogP contribution is 2.21. The molecule has 0 aliphatic heterocycles. The van der Waals surface area contributed by atoms with Crippen LogP contribution in [0.15, 0.2) is 0 Å². The Kier molecular flexibility index (Phi) is 6.20. The second-order valence-corrected chi connectivity index (χ2v) is 4.28. The van der Waals surface area contributed by atoms with Gasteiger partial charge in [0, 0.05) is 13.1 Å². The van der Waals surface area contributed by atoms with Crippen LogP contribution in [0, 0.1) is 5.41 Å². The monoisotopic (exact) mass is 208 g/mol. The molecule has 0 heterocycles. The van der Waals surface area contributed by atoms with Crippen molar-refractivity contribution in [2.45, 2.75) is 26.7 Å². The molecule has 1 N–H and O–H groups in total. The number of nitrogens with zero attached hydrogens (tertiary/aromatic N) is 1. The lowest BCUT2D eigenvalue weighted by Gasteiger charge is -2.32. The zero-order chi connectivity index (χ0) is 11.2. The molecule has 86 valence electrons. The van der Waals surface area contributed by atoms with Crippen molar-refractivity contribution in [3.05, 3.63) is 0 Å². The average Bonchev–Trinajstić information content (AvgIpc) is 2.02. The van der Waals surface area contributed by atoms with E-state index in [1.165, 1.54) is 0 Å². The molecule has 2 nitrogen and oxygen atoms in total. The number of hydrogen-bond donors (Lipinski definition) is 1. The van der Waals surface area contributed by atoms with Crippen molar-refractivity contribution >= 4 is 0 Å². The topological polar surface area (TPSA) is 15.3 Å². The highest BCUT2D eigenvalue weighted by atomic mass is 19.3. The fourth-order valence-corrected chi connectivity index (χ4v) is 1.67. The first-order valence-electron chi connectivity index (χ1n) is 5.05. The second kappa shape index (κ2) is 6.30. The summed E-state index contributed by atoms with van der Waals surface area (Å²) in [6.45, 7) is 5.63. The van der Waals surface area contributed by atoms with Crippen molar-refractivity contribution in [3.63, 3.8) is 0 Å². The quantitative estimate of drug-likeness (QED) is 0.686. The van der Waals surface area contributed by atoms with E-state index in [0.29, 0.717) is 6.54 Å². The smallest absolute Gasteiger partial charge is 0.251 e. The van der Waals surface area contributed by atoms with Gasteiger partial charge in [0.25, 0.3) is 6.43 Å². The van der Waals surface area contributed by atoms with Crippen LogP contribution in [0.3, 0.4) is 0 Å². The Bertz CT molecular complexity index is 153. The maximum atomic E-state index is 12.1. The Hall–Kier alpha value is -0.220. The molecule has 14 heavy (non-hydrogen) atoms. The van der Waals surface area contributed by atoms with E-state index in [1.54, 1.807) is 11.9 Å². The van der Waals surface area contributed by atoms with E-state index in [-0.39, 0.29) is 12.0 Å². The first-order chi connectivity index (χ1) is 6.43. The van der Waals surface area contributed by atoms with Gasteiger partial charge >= 0.3 is 0 Å². The molecule has 1 atom stereocenters. The molecule has 0 aliphatic rings.